The summed E-state index contributed by atoms with van der Waals surface area (Å²) in [6.45, 7) is 2.52. The van der Waals surface area contributed by atoms with E-state index >= 15 is 0 Å². The van der Waals surface area contributed by atoms with Gasteiger partial charge in [0.2, 0.25) is 0 Å². The highest BCUT2D eigenvalue weighted by Gasteiger charge is 2.07. The van der Waals surface area contributed by atoms with Gasteiger partial charge in [-0.1, -0.05) is 5.21 Å². The Morgan fingerprint density at radius 3 is 2.71 bits per heavy atom. The van der Waals surface area contributed by atoms with Gasteiger partial charge in [0, 0.05) is 32.1 Å². The van der Waals surface area contributed by atoms with Gasteiger partial charge >= 0.3 is 5.69 Å². The third-order valence-corrected chi connectivity index (χ3v) is 2.45. The topological polar surface area (TPSA) is 74.7 Å². The average molecular weight is 235 g/mol. The van der Waals surface area contributed by atoms with Gasteiger partial charge in [-0.25, -0.2) is 4.79 Å². The van der Waals surface area contributed by atoms with E-state index in [9.17, 15) is 9.59 Å². The predicted molar refractivity (Wildman–Crippen MR) is 60.7 cm³/mol. The van der Waals surface area contributed by atoms with Crippen LogP contribution in [0.4, 0.5) is 0 Å². The van der Waals surface area contributed by atoms with E-state index in [1.807, 2.05) is 6.92 Å². The van der Waals surface area contributed by atoms with Crippen molar-refractivity contribution in [1.82, 2.24) is 24.1 Å². The normalized spacial score (nSPS) is 10.7. The van der Waals surface area contributed by atoms with Crippen LogP contribution in [0.15, 0.2) is 28.0 Å². The molecular weight excluding hydrogens is 222 g/mol. The van der Waals surface area contributed by atoms with Gasteiger partial charge in [0.15, 0.2) is 0 Å². The Morgan fingerprint density at radius 1 is 1.35 bits per heavy atom. The molecule has 0 saturated heterocycles. The standard InChI is InChI=1S/C10H13N5O2/c1-3-14-5-4-9(16)15(10(14)17)7-8-6-13(2)12-11-8/h4-6H,3,7H2,1-2H3. The van der Waals surface area contributed by atoms with Crippen LogP contribution in [-0.2, 0) is 20.1 Å². The summed E-state index contributed by atoms with van der Waals surface area (Å²) in [7, 11) is 1.73. The second-order valence-corrected chi connectivity index (χ2v) is 3.69. The van der Waals surface area contributed by atoms with Gasteiger partial charge in [-0.15, -0.1) is 5.10 Å². The molecule has 0 atom stereocenters. The Kier molecular flexibility index (Phi) is 2.90. The summed E-state index contributed by atoms with van der Waals surface area (Å²) < 4.78 is 4.15. The van der Waals surface area contributed by atoms with E-state index in [0.29, 0.717) is 12.2 Å². The highest BCUT2D eigenvalue weighted by molar-refractivity contribution is 4.96. The molecule has 0 N–H and O–H groups in total. The van der Waals surface area contributed by atoms with Crippen LogP contribution in [0.5, 0.6) is 0 Å². The summed E-state index contributed by atoms with van der Waals surface area (Å²) >= 11 is 0. The lowest BCUT2D eigenvalue weighted by Crippen LogP contribution is -2.39. The molecule has 0 aliphatic rings. The lowest BCUT2D eigenvalue weighted by molar-refractivity contribution is 0.594. The molecule has 0 bridgehead atoms. The zero-order valence-corrected chi connectivity index (χ0v) is 9.70. The number of aromatic nitrogens is 5. The zero-order valence-electron chi connectivity index (χ0n) is 9.70. The van der Waals surface area contributed by atoms with E-state index < -0.39 is 0 Å². The number of nitrogens with zero attached hydrogens (tertiary/aromatic N) is 5. The van der Waals surface area contributed by atoms with Crippen LogP contribution >= 0.6 is 0 Å². The van der Waals surface area contributed by atoms with Gasteiger partial charge in [0.1, 0.15) is 5.69 Å². The second kappa shape index (κ2) is 4.36. The molecule has 0 amide bonds. The molecule has 2 aromatic heterocycles. The highest BCUT2D eigenvalue weighted by Crippen LogP contribution is 1.92. The highest BCUT2D eigenvalue weighted by atomic mass is 16.2. The third-order valence-electron chi connectivity index (χ3n) is 2.45. The van der Waals surface area contributed by atoms with E-state index in [2.05, 4.69) is 10.3 Å². The van der Waals surface area contributed by atoms with Crippen molar-refractivity contribution < 1.29 is 0 Å². The van der Waals surface area contributed by atoms with Crippen molar-refractivity contribution >= 4 is 0 Å². The SMILES string of the molecule is CCn1ccc(=O)n(Cc2cn(C)nn2)c1=O. The first-order chi connectivity index (χ1) is 8.11. The van der Waals surface area contributed by atoms with Crippen LogP contribution in [0.25, 0.3) is 0 Å². The van der Waals surface area contributed by atoms with Crippen LogP contribution in [-0.4, -0.2) is 24.1 Å². The summed E-state index contributed by atoms with van der Waals surface area (Å²) in [5, 5.41) is 7.61. The smallest absolute Gasteiger partial charge is 0.301 e. The summed E-state index contributed by atoms with van der Waals surface area (Å²) in [5.41, 5.74) is -0.0726. The van der Waals surface area contributed by atoms with Crippen molar-refractivity contribution in [3.8, 4) is 0 Å². The largest absolute Gasteiger partial charge is 0.331 e. The first kappa shape index (κ1) is 11.3. The molecular formula is C10H13N5O2. The lowest BCUT2D eigenvalue weighted by atomic mass is 10.4. The molecule has 0 spiro atoms. The molecule has 2 heterocycles. The van der Waals surface area contributed by atoms with Gasteiger partial charge in [-0.3, -0.25) is 14.0 Å². The third kappa shape index (κ3) is 2.17. The molecule has 7 heteroatoms. The number of aryl methyl sites for hydroxylation is 2. The molecule has 2 aromatic rings. The second-order valence-electron chi connectivity index (χ2n) is 3.69. The number of hydrogen-bond donors (Lipinski definition) is 0. The van der Waals surface area contributed by atoms with E-state index in [4.69, 9.17) is 0 Å². The predicted octanol–water partition coefficient (Wildman–Crippen LogP) is -0.793. The van der Waals surface area contributed by atoms with Crippen molar-refractivity contribution in [3.63, 3.8) is 0 Å². The molecule has 0 aliphatic heterocycles. The first-order valence-corrected chi connectivity index (χ1v) is 5.27. The number of rotatable bonds is 3. The number of hydrogen-bond acceptors (Lipinski definition) is 4. The van der Waals surface area contributed by atoms with Crippen LogP contribution < -0.4 is 11.2 Å². The van der Waals surface area contributed by atoms with Crippen LogP contribution in [0, 0.1) is 0 Å². The summed E-state index contributed by atoms with van der Waals surface area (Å²) in [6, 6.07) is 1.38. The van der Waals surface area contributed by atoms with Gasteiger partial charge in [0.05, 0.1) is 6.54 Å². The molecule has 0 aliphatic carbocycles. The monoisotopic (exact) mass is 235 g/mol. The van der Waals surface area contributed by atoms with Crippen LogP contribution in [0.1, 0.15) is 12.6 Å². The lowest BCUT2D eigenvalue weighted by Gasteiger charge is -2.05. The van der Waals surface area contributed by atoms with E-state index in [1.54, 1.807) is 13.2 Å². The Bertz CT molecular complexity index is 637. The summed E-state index contributed by atoms with van der Waals surface area (Å²) in [4.78, 5) is 23.5. The van der Waals surface area contributed by atoms with E-state index in [0.717, 1.165) is 4.57 Å². The Hall–Kier alpha value is -2.18. The van der Waals surface area contributed by atoms with Crippen molar-refractivity contribution in [2.24, 2.45) is 7.05 Å². The van der Waals surface area contributed by atoms with E-state index in [-0.39, 0.29) is 17.8 Å². The quantitative estimate of drug-likeness (QED) is 0.698. The zero-order chi connectivity index (χ0) is 12.4. The molecule has 90 valence electrons. The molecule has 0 unspecified atom stereocenters. The fourth-order valence-electron chi connectivity index (χ4n) is 1.57. The van der Waals surface area contributed by atoms with Crippen molar-refractivity contribution in [2.45, 2.75) is 20.0 Å². The van der Waals surface area contributed by atoms with Gasteiger partial charge in [-0.2, -0.15) is 0 Å². The van der Waals surface area contributed by atoms with Crippen molar-refractivity contribution in [2.75, 3.05) is 0 Å². The van der Waals surface area contributed by atoms with Crippen LogP contribution in [0.3, 0.4) is 0 Å². The van der Waals surface area contributed by atoms with Gasteiger partial charge in [-0.05, 0) is 6.92 Å². The molecule has 0 radical (unpaired) electrons. The molecule has 2 rings (SSSR count). The minimum Gasteiger partial charge on any atom is -0.301 e. The summed E-state index contributed by atoms with van der Waals surface area (Å²) in [5.74, 6) is 0. The maximum absolute atomic E-state index is 11.9. The molecule has 17 heavy (non-hydrogen) atoms. The van der Waals surface area contributed by atoms with Crippen molar-refractivity contribution in [3.05, 3.63) is 45.0 Å². The molecule has 0 fully saturated rings. The maximum Gasteiger partial charge on any atom is 0.331 e. The fourth-order valence-corrected chi connectivity index (χ4v) is 1.57. The van der Waals surface area contributed by atoms with Gasteiger partial charge < -0.3 is 4.57 Å². The molecule has 7 nitrogen and oxygen atoms in total. The molecule has 0 saturated carbocycles. The Morgan fingerprint density at radius 2 is 2.12 bits per heavy atom. The maximum atomic E-state index is 11.9. The molecule has 0 aromatic carbocycles. The Balaban J connectivity index is 2.45. The van der Waals surface area contributed by atoms with Crippen molar-refractivity contribution in [1.29, 1.82) is 0 Å². The summed E-state index contributed by atoms with van der Waals surface area (Å²) in [6.07, 6.45) is 3.17. The van der Waals surface area contributed by atoms with Crippen LogP contribution in [0.2, 0.25) is 0 Å². The van der Waals surface area contributed by atoms with E-state index in [1.165, 1.54) is 21.5 Å². The minimum atomic E-state index is -0.328. The first-order valence-electron chi connectivity index (χ1n) is 5.27. The average Bonchev–Trinajstić information content (AvgIpc) is 2.70. The minimum absolute atomic E-state index is 0.145. The Labute approximate surface area is 96.9 Å². The van der Waals surface area contributed by atoms with Gasteiger partial charge in [0.25, 0.3) is 5.56 Å². The fraction of sp³-hybridized carbons (Fsp3) is 0.400.